The highest BCUT2D eigenvalue weighted by Gasteiger charge is 2.32. The first-order valence-electron chi connectivity index (χ1n) is 7.97. The van der Waals surface area contributed by atoms with Crippen LogP contribution in [0.1, 0.15) is 46.8 Å². The lowest BCUT2D eigenvalue weighted by Gasteiger charge is -2.16. The number of nitrogens with one attached hydrogen (secondary N) is 1. The summed E-state index contributed by atoms with van der Waals surface area (Å²) in [5, 5.41) is 8.16. The van der Waals surface area contributed by atoms with Gasteiger partial charge in [0.2, 0.25) is 0 Å². The van der Waals surface area contributed by atoms with E-state index in [-0.39, 0.29) is 0 Å². The van der Waals surface area contributed by atoms with Crippen molar-refractivity contribution in [1.29, 1.82) is 0 Å². The van der Waals surface area contributed by atoms with Gasteiger partial charge in [-0.2, -0.15) is 18.3 Å². The monoisotopic (exact) mass is 321 g/mol. The van der Waals surface area contributed by atoms with Gasteiger partial charge >= 0.3 is 6.18 Å². The lowest BCUT2D eigenvalue weighted by Crippen LogP contribution is -2.25. The highest BCUT2D eigenvalue weighted by atomic mass is 19.4. The lowest BCUT2D eigenvalue weighted by atomic mass is 10.0. The molecule has 23 heavy (non-hydrogen) atoms. The smallest absolute Gasteiger partial charge is 0.312 e. The SMILES string of the molecule is FC(F)(F)c1ccc(Cn2nc(C3CC3)c3c2CCNC3)cc1. The number of rotatable bonds is 3. The Morgan fingerprint density at radius 2 is 1.91 bits per heavy atom. The second-order valence-corrected chi connectivity index (χ2v) is 6.36. The summed E-state index contributed by atoms with van der Waals surface area (Å²) < 4.78 is 39.9. The number of benzene rings is 1. The number of nitrogens with zero attached hydrogens (tertiary/aromatic N) is 2. The zero-order chi connectivity index (χ0) is 16.0. The van der Waals surface area contributed by atoms with Gasteiger partial charge in [-0.3, -0.25) is 4.68 Å². The minimum Gasteiger partial charge on any atom is -0.312 e. The molecule has 2 heterocycles. The second kappa shape index (κ2) is 5.37. The van der Waals surface area contributed by atoms with E-state index < -0.39 is 11.7 Å². The summed E-state index contributed by atoms with van der Waals surface area (Å²) >= 11 is 0. The van der Waals surface area contributed by atoms with Crippen LogP contribution in [-0.2, 0) is 25.7 Å². The predicted octanol–water partition coefficient (Wildman–Crippen LogP) is 3.47. The molecule has 0 unspecified atom stereocenters. The molecule has 0 atom stereocenters. The molecule has 1 aromatic carbocycles. The minimum absolute atomic E-state index is 0.535. The van der Waals surface area contributed by atoms with Crippen molar-refractivity contribution in [3.8, 4) is 0 Å². The average molecular weight is 321 g/mol. The molecule has 122 valence electrons. The van der Waals surface area contributed by atoms with Crippen molar-refractivity contribution in [2.24, 2.45) is 0 Å². The van der Waals surface area contributed by atoms with Gasteiger partial charge < -0.3 is 5.32 Å². The van der Waals surface area contributed by atoms with Crippen LogP contribution in [0.15, 0.2) is 24.3 Å². The third-order valence-electron chi connectivity index (χ3n) is 4.62. The standard InChI is InChI=1S/C17H18F3N3/c18-17(19,20)13-5-1-11(2-6-13)10-23-15-7-8-21-9-14(15)16(22-23)12-3-4-12/h1-2,5-6,12,21H,3-4,7-10H2. The van der Waals surface area contributed by atoms with Crippen molar-refractivity contribution in [2.45, 2.75) is 44.4 Å². The van der Waals surface area contributed by atoms with Gasteiger partial charge in [0.15, 0.2) is 0 Å². The van der Waals surface area contributed by atoms with Crippen molar-refractivity contribution >= 4 is 0 Å². The average Bonchev–Trinajstić information content (AvgIpc) is 3.31. The summed E-state index contributed by atoms with van der Waals surface area (Å²) in [5.74, 6) is 0.581. The van der Waals surface area contributed by atoms with Crippen molar-refractivity contribution in [1.82, 2.24) is 15.1 Å². The second-order valence-electron chi connectivity index (χ2n) is 6.36. The van der Waals surface area contributed by atoms with Gasteiger partial charge in [-0.25, -0.2) is 0 Å². The number of aromatic nitrogens is 2. The third-order valence-corrected chi connectivity index (χ3v) is 4.62. The normalized spacial score (nSPS) is 18.0. The summed E-state index contributed by atoms with van der Waals surface area (Å²) in [5.41, 5.74) is 3.99. The Balaban J connectivity index is 1.61. The molecule has 0 radical (unpaired) electrons. The Kier molecular flexibility index (Phi) is 3.44. The summed E-state index contributed by atoms with van der Waals surface area (Å²) in [7, 11) is 0. The molecule has 1 aliphatic heterocycles. The van der Waals surface area contributed by atoms with E-state index in [4.69, 9.17) is 5.10 Å². The number of hydrogen-bond donors (Lipinski definition) is 1. The largest absolute Gasteiger partial charge is 0.416 e. The summed E-state index contributed by atoms with van der Waals surface area (Å²) in [6.45, 7) is 2.32. The molecule has 1 aliphatic carbocycles. The fourth-order valence-corrected chi connectivity index (χ4v) is 3.23. The highest BCUT2D eigenvalue weighted by molar-refractivity contribution is 5.34. The molecular formula is C17H18F3N3. The first-order chi connectivity index (χ1) is 11.0. The molecular weight excluding hydrogens is 303 g/mol. The van der Waals surface area contributed by atoms with Crippen LogP contribution in [0.5, 0.6) is 0 Å². The van der Waals surface area contributed by atoms with Crippen molar-refractivity contribution < 1.29 is 13.2 Å². The Morgan fingerprint density at radius 3 is 2.57 bits per heavy atom. The molecule has 6 heteroatoms. The molecule has 4 rings (SSSR count). The predicted molar refractivity (Wildman–Crippen MR) is 80.2 cm³/mol. The number of fused-ring (bicyclic) bond motifs is 1. The molecule has 2 aromatic rings. The Labute approximate surface area is 132 Å². The topological polar surface area (TPSA) is 29.9 Å². The fraction of sp³-hybridized carbons (Fsp3) is 0.471. The zero-order valence-corrected chi connectivity index (χ0v) is 12.7. The fourth-order valence-electron chi connectivity index (χ4n) is 3.23. The van der Waals surface area contributed by atoms with Crippen LogP contribution >= 0.6 is 0 Å². The van der Waals surface area contributed by atoms with Crippen LogP contribution in [0, 0.1) is 0 Å². The molecule has 0 amide bonds. The molecule has 1 aromatic heterocycles. The van der Waals surface area contributed by atoms with E-state index in [1.54, 1.807) is 12.1 Å². The van der Waals surface area contributed by atoms with Crippen LogP contribution in [0.3, 0.4) is 0 Å². The Morgan fingerprint density at radius 1 is 1.17 bits per heavy atom. The van der Waals surface area contributed by atoms with Gasteiger partial charge in [-0.05, 0) is 30.5 Å². The summed E-state index contributed by atoms with van der Waals surface area (Å²) in [4.78, 5) is 0. The van der Waals surface area contributed by atoms with Crippen LogP contribution < -0.4 is 5.32 Å². The van der Waals surface area contributed by atoms with Crippen LogP contribution in [0.25, 0.3) is 0 Å². The van der Waals surface area contributed by atoms with Crippen molar-refractivity contribution in [3.63, 3.8) is 0 Å². The van der Waals surface area contributed by atoms with Gasteiger partial charge in [0, 0.05) is 36.7 Å². The quantitative estimate of drug-likeness (QED) is 0.938. The minimum atomic E-state index is -4.28. The lowest BCUT2D eigenvalue weighted by molar-refractivity contribution is -0.137. The molecule has 1 N–H and O–H groups in total. The molecule has 1 saturated carbocycles. The van der Waals surface area contributed by atoms with E-state index in [0.29, 0.717) is 12.5 Å². The zero-order valence-electron chi connectivity index (χ0n) is 12.7. The van der Waals surface area contributed by atoms with Gasteiger partial charge in [-0.15, -0.1) is 0 Å². The maximum absolute atomic E-state index is 12.6. The number of hydrogen-bond acceptors (Lipinski definition) is 2. The van der Waals surface area contributed by atoms with E-state index in [1.807, 2.05) is 4.68 Å². The van der Waals surface area contributed by atoms with Crippen LogP contribution in [0.2, 0.25) is 0 Å². The Bertz CT molecular complexity index is 712. The van der Waals surface area contributed by atoms with Crippen molar-refractivity contribution in [2.75, 3.05) is 6.54 Å². The van der Waals surface area contributed by atoms with Gasteiger partial charge in [-0.1, -0.05) is 12.1 Å². The summed E-state index contributed by atoms with van der Waals surface area (Å²) in [6.07, 6.45) is -0.961. The van der Waals surface area contributed by atoms with Gasteiger partial charge in [0.05, 0.1) is 17.8 Å². The number of alkyl halides is 3. The molecule has 0 saturated heterocycles. The van der Waals surface area contributed by atoms with Crippen LogP contribution in [-0.4, -0.2) is 16.3 Å². The van der Waals surface area contributed by atoms with E-state index in [0.717, 1.165) is 37.2 Å². The first-order valence-corrected chi connectivity index (χ1v) is 7.97. The first kappa shape index (κ1) is 14.8. The van der Waals surface area contributed by atoms with E-state index in [1.165, 1.54) is 29.8 Å². The molecule has 0 spiro atoms. The van der Waals surface area contributed by atoms with E-state index in [2.05, 4.69) is 5.32 Å². The highest BCUT2D eigenvalue weighted by Crippen LogP contribution is 2.42. The van der Waals surface area contributed by atoms with E-state index >= 15 is 0 Å². The van der Waals surface area contributed by atoms with Crippen molar-refractivity contribution in [3.05, 3.63) is 52.3 Å². The Hall–Kier alpha value is -1.82. The third kappa shape index (κ3) is 2.87. The summed E-state index contributed by atoms with van der Waals surface area (Å²) in [6, 6.07) is 5.40. The molecule has 2 aliphatic rings. The molecule has 1 fully saturated rings. The van der Waals surface area contributed by atoms with Gasteiger partial charge in [0.1, 0.15) is 0 Å². The van der Waals surface area contributed by atoms with Crippen LogP contribution in [0.4, 0.5) is 13.2 Å². The maximum Gasteiger partial charge on any atom is 0.416 e. The van der Waals surface area contributed by atoms with E-state index in [9.17, 15) is 13.2 Å². The molecule has 3 nitrogen and oxygen atoms in total. The van der Waals surface area contributed by atoms with Gasteiger partial charge in [0.25, 0.3) is 0 Å². The molecule has 0 bridgehead atoms. The maximum atomic E-state index is 12.6. The number of halogens is 3.